The lowest BCUT2D eigenvalue weighted by atomic mass is 10.0. The number of sulfonamides is 1. The van der Waals surface area contributed by atoms with Crippen molar-refractivity contribution in [3.8, 4) is 0 Å². The Morgan fingerprint density at radius 1 is 1.09 bits per heavy atom. The van der Waals surface area contributed by atoms with Gasteiger partial charge < -0.3 is 9.47 Å². The average molecular weight is 503 g/mol. The molecule has 5 rings (SSSR count). The summed E-state index contributed by atoms with van der Waals surface area (Å²) in [5, 5.41) is 0. The van der Waals surface area contributed by atoms with Crippen molar-refractivity contribution in [1.82, 2.24) is 18.0 Å². The Morgan fingerprint density at radius 3 is 2.62 bits per heavy atom. The molecule has 1 aromatic heterocycles. The molecule has 3 aromatic rings. The van der Waals surface area contributed by atoms with Crippen LogP contribution in [0.4, 0.5) is 4.79 Å². The van der Waals surface area contributed by atoms with E-state index in [4.69, 9.17) is 9.47 Å². The molecule has 3 heterocycles. The average Bonchev–Trinajstić information content (AvgIpc) is 3.49. The number of carbonyl (C=O) groups excluding carboxylic acids is 2. The smallest absolute Gasteiger partial charge is 0.410 e. The zero-order chi connectivity index (χ0) is 23.7. The number of rotatable bonds is 6. The Labute approximate surface area is 200 Å². The fourth-order valence-electron chi connectivity index (χ4n) is 4.33. The number of piperidine rings is 1. The summed E-state index contributed by atoms with van der Waals surface area (Å²) >= 11 is 0.968. The second-order valence-corrected chi connectivity index (χ2v) is 10.6. The fourth-order valence-corrected chi connectivity index (χ4v) is 6.55. The molecular weight excluding hydrogens is 480 g/mol. The van der Waals surface area contributed by atoms with Gasteiger partial charge in [0.2, 0.25) is 10.0 Å². The highest BCUT2D eigenvalue weighted by molar-refractivity contribution is 7.89. The molecule has 12 heteroatoms. The third-order valence-electron chi connectivity index (χ3n) is 6.09. The van der Waals surface area contributed by atoms with Gasteiger partial charge in [-0.15, -0.1) is 0 Å². The molecular formula is C22H22N4O6S2. The van der Waals surface area contributed by atoms with Crippen LogP contribution < -0.4 is 0 Å². The minimum Gasteiger partial charge on any atom is -0.459 e. The Bertz CT molecular complexity index is 1310. The third-order valence-corrected chi connectivity index (χ3v) is 8.56. The summed E-state index contributed by atoms with van der Waals surface area (Å²) in [6.45, 7) is 0.433. The molecule has 2 saturated heterocycles. The summed E-state index contributed by atoms with van der Waals surface area (Å²) in [7, 11) is -3.78. The molecule has 2 aromatic carbocycles. The summed E-state index contributed by atoms with van der Waals surface area (Å²) in [5.41, 5.74) is 1.74. The third kappa shape index (κ3) is 4.24. The number of ether oxygens (including phenoxy) is 2. The van der Waals surface area contributed by atoms with Crippen LogP contribution >= 0.6 is 11.7 Å². The number of benzene rings is 2. The number of hydrogen-bond acceptors (Lipinski definition) is 9. The van der Waals surface area contributed by atoms with Crippen LogP contribution in [-0.4, -0.2) is 70.2 Å². The van der Waals surface area contributed by atoms with Crippen molar-refractivity contribution < 1.29 is 27.5 Å². The molecule has 1 unspecified atom stereocenters. The second kappa shape index (κ2) is 9.28. The van der Waals surface area contributed by atoms with Gasteiger partial charge in [0.25, 0.3) is 0 Å². The Morgan fingerprint density at radius 2 is 1.85 bits per heavy atom. The molecule has 2 aliphatic heterocycles. The molecule has 2 fully saturated rings. The molecule has 0 N–H and O–H groups in total. The number of cyclic esters (lactones) is 1. The Balaban J connectivity index is 1.25. The first-order chi connectivity index (χ1) is 16.4. The maximum atomic E-state index is 13.3. The van der Waals surface area contributed by atoms with Crippen LogP contribution in [0, 0.1) is 0 Å². The Kier molecular flexibility index (Phi) is 6.19. The van der Waals surface area contributed by atoms with Gasteiger partial charge in [0.15, 0.2) is 6.04 Å². The molecule has 178 valence electrons. The van der Waals surface area contributed by atoms with Crippen LogP contribution in [0.2, 0.25) is 0 Å². The molecule has 2 aliphatic rings. The van der Waals surface area contributed by atoms with Crippen molar-refractivity contribution in [2.75, 3.05) is 19.7 Å². The summed E-state index contributed by atoms with van der Waals surface area (Å²) in [6.07, 6.45) is 0.172. The maximum absolute atomic E-state index is 13.3. The highest BCUT2D eigenvalue weighted by atomic mass is 32.2. The van der Waals surface area contributed by atoms with E-state index in [2.05, 4.69) is 8.75 Å². The highest BCUT2D eigenvalue weighted by Crippen LogP contribution is 2.30. The molecule has 1 atom stereocenters. The summed E-state index contributed by atoms with van der Waals surface area (Å²) < 4.78 is 46.7. The van der Waals surface area contributed by atoms with E-state index in [1.807, 2.05) is 30.3 Å². The van der Waals surface area contributed by atoms with Crippen molar-refractivity contribution in [3.63, 3.8) is 0 Å². The maximum Gasteiger partial charge on any atom is 0.410 e. The first kappa shape index (κ1) is 22.7. The van der Waals surface area contributed by atoms with Crippen molar-refractivity contribution in [1.29, 1.82) is 0 Å². The van der Waals surface area contributed by atoms with Crippen molar-refractivity contribution in [3.05, 3.63) is 54.1 Å². The predicted octanol–water partition coefficient (Wildman–Crippen LogP) is 2.41. The highest BCUT2D eigenvalue weighted by Gasteiger charge is 2.45. The van der Waals surface area contributed by atoms with Crippen molar-refractivity contribution in [2.45, 2.75) is 36.4 Å². The van der Waals surface area contributed by atoms with Gasteiger partial charge in [0.05, 0.1) is 11.7 Å². The van der Waals surface area contributed by atoms with Gasteiger partial charge in [-0.25, -0.2) is 18.0 Å². The van der Waals surface area contributed by atoms with Crippen LogP contribution in [-0.2, 0) is 30.9 Å². The van der Waals surface area contributed by atoms with Crippen LogP contribution in [0.1, 0.15) is 18.4 Å². The molecule has 34 heavy (non-hydrogen) atoms. The van der Waals surface area contributed by atoms with Crippen LogP contribution in [0.3, 0.4) is 0 Å². The topological polar surface area (TPSA) is 119 Å². The van der Waals surface area contributed by atoms with Crippen molar-refractivity contribution in [2.24, 2.45) is 0 Å². The zero-order valence-corrected chi connectivity index (χ0v) is 19.7. The molecule has 0 aliphatic carbocycles. The molecule has 10 nitrogen and oxygen atoms in total. The number of fused-ring (bicyclic) bond motifs is 1. The summed E-state index contributed by atoms with van der Waals surface area (Å²) in [4.78, 5) is 26.7. The minimum atomic E-state index is -3.78. The number of carbonyl (C=O) groups is 2. The van der Waals surface area contributed by atoms with E-state index < -0.39 is 28.1 Å². The lowest BCUT2D eigenvalue weighted by Crippen LogP contribution is -2.52. The predicted molar refractivity (Wildman–Crippen MR) is 122 cm³/mol. The number of aromatic nitrogens is 2. The Hall–Kier alpha value is -3.09. The van der Waals surface area contributed by atoms with Gasteiger partial charge >= 0.3 is 12.1 Å². The molecule has 0 saturated carbocycles. The van der Waals surface area contributed by atoms with E-state index >= 15 is 0 Å². The summed E-state index contributed by atoms with van der Waals surface area (Å²) in [6, 6.07) is 13.0. The number of hydrogen-bond donors (Lipinski definition) is 0. The SMILES string of the molecule is O=C(OCc1ccccc1)C1COC(=O)N1C1CCN(S(=O)(=O)c2cccc3nsnc23)CC1. The first-order valence-corrected chi connectivity index (χ1v) is 13.0. The van der Waals surface area contributed by atoms with E-state index in [9.17, 15) is 18.0 Å². The van der Waals surface area contributed by atoms with Gasteiger partial charge in [0.1, 0.15) is 29.1 Å². The van der Waals surface area contributed by atoms with Gasteiger partial charge in [-0.2, -0.15) is 13.1 Å². The second-order valence-electron chi connectivity index (χ2n) is 8.12. The summed E-state index contributed by atoms with van der Waals surface area (Å²) in [5.74, 6) is -0.535. The van der Waals surface area contributed by atoms with Gasteiger partial charge in [-0.3, -0.25) is 4.90 Å². The number of esters is 1. The van der Waals surface area contributed by atoms with E-state index in [1.54, 1.807) is 12.1 Å². The minimum absolute atomic E-state index is 0.0796. The molecule has 0 spiro atoms. The quantitative estimate of drug-likeness (QED) is 0.472. The van der Waals surface area contributed by atoms with Gasteiger partial charge in [0, 0.05) is 19.1 Å². The monoisotopic (exact) mass is 502 g/mol. The lowest BCUT2D eigenvalue weighted by molar-refractivity contribution is -0.150. The largest absolute Gasteiger partial charge is 0.459 e. The molecule has 0 radical (unpaired) electrons. The number of amides is 1. The van der Waals surface area contributed by atoms with E-state index in [1.165, 1.54) is 15.3 Å². The van der Waals surface area contributed by atoms with Crippen LogP contribution in [0.15, 0.2) is 53.4 Å². The fraction of sp³-hybridized carbons (Fsp3) is 0.364. The first-order valence-electron chi connectivity index (χ1n) is 10.8. The molecule has 1 amide bonds. The van der Waals surface area contributed by atoms with Gasteiger partial charge in [-0.05, 0) is 30.5 Å². The number of nitrogens with zero attached hydrogens (tertiary/aromatic N) is 4. The zero-order valence-electron chi connectivity index (χ0n) is 18.1. The molecule has 0 bridgehead atoms. The van der Waals surface area contributed by atoms with Crippen molar-refractivity contribution >= 4 is 44.8 Å². The lowest BCUT2D eigenvalue weighted by Gasteiger charge is -2.36. The van der Waals surface area contributed by atoms with E-state index in [0.717, 1.165) is 17.3 Å². The van der Waals surface area contributed by atoms with E-state index in [-0.39, 0.29) is 37.2 Å². The van der Waals surface area contributed by atoms with Crippen LogP contribution in [0.5, 0.6) is 0 Å². The normalized spacial score (nSPS) is 19.9. The standard InChI is InChI=1S/C22H22N4O6S2/c27-21(31-13-15-5-2-1-3-6-15)18-14-32-22(28)26(18)16-9-11-25(12-10-16)34(29,30)19-8-4-7-17-20(19)24-33-23-17/h1-8,16,18H,9-14H2. The van der Waals surface area contributed by atoms with Crippen LogP contribution in [0.25, 0.3) is 11.0 Å². The van der Waals surface area contributed by atoms with E-state index in [0.29, 0.717) is 23.9 Å². The van der Waals surface area contributed by atoms with Gasteiger partial charge in [-0.1, -0.05) is 36.4 Å².